The second-order valence-electron chi connectivity index (χ2n) is 4.97. The van der Waals surface area contributed by atoms with Crippen molar-refractivity contribution in [3.05, 3.63) is 29.8 Å². The molecule has 1 aromatic carbocycles. The molecule has 3 nitrogen and oxygen atoms in total. The van der Waals surface area contributed by atoms with Gasteiger partial charge in [0.2, 0.25) is 0 Å². The van der Waals surface area contributed by atoms with E-state index in [9.17, 15) is 5.11 Å². The van der Waals surface area contributed by atoms with Crippen molar-refractivity contribution in [3.63, 3.8) is 0 Å². The maximum atomic E-state index is 9.19. The lowest BCUT2D eigenvalue weighted by atomic mass is 10.1. The fraction of sp³-hybridized carbons (Fsp3) is 0.571. The highest BCUT2D eigenvalue weighted by Gasteiger charge is 2.15. The van der Waals surface area contributed by atoms with Crippen LogP contribution < -0.4 is 5.32 Å². The van der Waals surface area contributed by atoms with E-state index in [2.05, 4.69) is 17.3 Å². The van der Waals surface area contributed by atoms with Crippen LogP contribution in [-0.4, -0.2) is 42.7 Å². The van der Waals surface area contributed by atoms with Crippen molar-refractivity contribution in [3.8, 4) is 5.75 Å². The lowest BCUT2D eigenvalue weighted by molar-refractivity contribution is 0.228. The Hall–Kier alpha value is -1.06. The molecule has 0 aliphatic carbocycles. The number of phenols is 1. The number of rotatable bonds is 4. The van der Waals surface area contributed by atoms with Crippen LogP contribution in [0.4, 0.5) is 0 Å². The van der Waals surface area contributed by atoms with Gasteiger partial charge >= 0.3 is 0 Å². The zero-order chi connectivity index (χ0) is 12.1. The normalized spacial score (nSPS) is 21.6. The van der Waals surface area contributed by atoms with E-state index in [1.165, 1.54) is 24.9 Å². The Morgan fingerprint density at radius 1 is 1.35 bits per heavy atom. The predicted octanol–water partition coefficient (Wildman–Crippen LogP) is 1.62. The molecule has 0 spiro atoms. The van der Waals surface area contributed by atoms with Gasteiger partial charge in [-0.25, -0.2) is 0 Å². The fourth-order valence-corrected chi connectivity index (χ4v) is 2.42. The number of phenolic OH excluding ortho intramolecular Hbond substituents is 1. The Balaban J connectivity index is 1.70. The van der Waals surface area contributed by atoms with Crippen LogP contribution in [0.5, 0.6) is 5.75 Å². The molecule has 0 bridgehead atoms. The Kier molecular flexibility index (Phi) is 4.40. The first-order valence-electron chi connectivity index (χ1n) is 6.44. The van der Waals surface area contributed by atoms with Crippen molar-refractivity contribution in [1.82, 2.24) is 10.2 Å². The summed E-state index contributed by atoms with van der Waals surface area (Å²) in [4.78, 5) is 2.39. The van der Waals surface area contributed by atoms with Gasteiger partial charge in [0.25, 0.3) is 0 Å². The van der Waals surface area contributed by atoms with Crippen LogP contribution in [0, 0.1) is 0 Å². The third kappa shape index (κ3) is 4.02. The van der Waals surface area contributed by atoms with Crippen LogP contribution >= 0.6 is 0 Å². The average Bonchev–Trinajstić information content (AvgIpc) is 2.32. The third-order valence-electron chi connectivity index (χ3n) is 3.41. The first-order chi connectivity index (χ1) is 8.24. The molecule has 1 atom stereocenters. The van der Waals surface area contributed by atoms with E-state index in [4.69, 9.17) is 0 Å². The lowest BCUT2D eigenvalue weighted by Crippen LogP contribution is -2.44. The molecule has 1 aromatic rings. The van der Waals surface area contributed by atoms with Crippen LogP contribution in [0.25, 0.3) is 0 Å². The van der Waals surface area contributed by atoms with E-state index in [1.54, 1.807) is 12.1 Å². The van der Waals surface area contributed by atoms with Crippen LogP contribution in [0.2, 0.25) is 0 Å². The fourth-order valence-electron chi connectivity index (χ4n) is 2.42. The van der Waals surface area contributed by atoms with Crippen LogP contribution in [0.3, 0.4) is 0 Å². The number of likely N-dealkylation sites (N-methyl/N-ethyl adjacent to an activating group) is 1. The van der Waals surface area contributed by atoms with Crippen molar-refractivity contribution in [1.29, 1.82) is 0 Å². The highest BCUT2D eigenvalue weighted by atomic mass is 16.3. The van der Waals surface area contributed by atoms with Crippen molar-refractivity contribution in [2.24, 2.45) is 0 Å². The molecule has 1 fully saturated rings. The van der Waals surface area contributed by atoms with Gasteiger partial charge in [0.05, 0.1) is 0 Å². The van der Waals surface area contributed by atoms with Crippen LogP contribution in [-0.2, 0) is 6.42 Å². The second kappa shape index (κ2) is 6.03. The van der Waals surface area contributed by atoms with Gasteiger partial charge in [-0.15, -0.1) is 0 Å². The maximum Gasteiger partial charge on any atom is 0.115 e. The van der Waals surface area contributed by atoms with Gasteiger partial charge < -0.3 is 15.3 Å². The molecule has 94 valence electrons. The number of piperidine rings is 1. The van der Waals surface area contributed by atoms with Gasteiger partial charge in [-0.05, 0) is 57.1 Å². The Morgan fingerprint density at radius 2 is 2.12 bits per heavy atom. The number of nitrogens with zero attached hydrogens (tertiary/aromatic N) is 1. The summed E-state index contributed by atoms with van der Waals surface area (Å²) < 4.78 is 0. The molecule has 1 unspecified atom stereocenters. The zero-order valence-corrected chi connectivity index (χ0v) is 10.5. The number of hydrogen-bond donors (Lipinski definition) is 2. The molecule has 1 aliphatic rings. The minimum absolute atomic E-state index is 0.343. The highest BCUT2D eigenvalue weighted by Crippen LogP contribution is 2.11. The summed E-state index contributed by atoms with van der Waals surface area (Å²) in [7, 11) is 2.19. The minimum atomic E-state index is 0.343. The summed E-state index contributed by atoms with van der Waals surface area (Å²) in [5, 5.41) is 12.8. The second-order valence-corrected chi connectivity index (χ2v) is 4.97. The molecule has 3 heteroatoms. The summed E-state index contributed by atoms with van der Waals surface area (Å²) in [5.74, 6) is 0.343. The summed E-state index contributed by atoms with van der Waals surface area (Å²) in [6, 6.07) is 8.13. The summed E-state index contributed by atoms with van der Waals surface area (Å²) >= 11 is 0. The maximum absolute atomic E-state index is 9.19. The molecule has 1 aliphatic heterocycles. The highest BCUT2D eigenvalue weighted by molar-refractivity contribution is 5.25. The van der Waals surface area contributed by atoms with E-state index in [0.717, 1.165) is 19.5 Å². The summed E-state index contributed by atoms with van der Waals surface area (Å²) in [6.07, 6.45) is 3.62. The van der Waals surface area contributed by atoms with Crippen molar-refractivity contribution in [2.45, 2.75) is 25.3 Å². The van der Waals surface area contributed by atoms with Crippen molar-refractivity contribution < 1.29 is 5.11 Å². The van der Waals surface area contributed by atoms with Gasteiger partial charge in [0.15, 0.2) is 0 Å². The van der Waals surface area contributed by atoms with E-state index < -0.39 is 0 Å². The molecule has 17 heavy (non-hydrogen) atoms. The number of likely N-dealkylation sites (tertiary alicyclic amines) is 1. The van der Waals surface area contributed by atoms with E-state index in [1.807, 2.05) is 12.1 Å². The van der Waals surface area contributed by atoms with Gasteiger partial charge in [-0.3, -0.25) is 0 Å². The van der Waals surface area contributed by atoms with Crippen LogP contribution in [0.1, 0.15) is 18.4 Å². The number of hydrogen-bond acceptors (Lipinski definition) is 3. The number of aromatic hydroxyl groups is 1. The monoisotopic (exact) mass is 234 g/mol. The zero-order valence-electron chi connectivity index (χ0n) is 10.5. The van der Waals surface area contributed by atoms with Crippen LogP contribution in [0.15, 0.2) is 24.3 Å². The van der Waals surface area contributed by atoms with E-state index in [0.29, 0.717) is 11.8 Å². The summed E-state index contributed by atoms with van der Waals surface area (Å²) in [5.41, 5.74) is 1.28. The predicted molar refractivity (Wildman–Crippen MR) is 70.3 cm³/mol. The third-order valence-corrected chi connectivity index (χ3v) is 3.41. The van der Waals surface area contributed by atoms with Crippen molar-refractivity contribution in [2.75, 3.05) is 26.7 Å². The quantitative estimate of drug-likeness (QED) is 0.831. The molecule has 2 N–H and O–H groups in total. The van der Waals surface area contributed by atoms with Gasteiger partial charge in [-0.2, -0.15) is 0 Å². The SMILES string of the molecule is CN1CCCC(NCCc2ccc(O)cc2)C1. The largest absolute Gasteiger partial charge is 0.508 e. The Bertz CT molecular complexity index is 337. The standard InChI is InChI=1S/C14H22N2O/c1-16-10-2-3-13(11-16)15-9-8-12-4-6-14(17)7-5-12/h4-7,13,15,17H,2-3,8-11H2,1H3. The molecule has 0 radical (unpaired) electrons. The number of nitrogens with one attached hydrogen (secondary N) is 1. The van der Waals surface area contributed by atoms with E-state index in [-0.39, 0.29) is 0 Å². The molecule has 1 heterocycles. The van der Waals surface area contributed by atoms with Crippen molar-refractivity contribution >= 4 is 0 Å². The molecule has 1 saturated heterocycles. The van der Waals surface area contributed by atoms with Gasteiger partial charge in [-0.1, -0.05) is 12.1 Å². The molecule has 0 saturated carbocycles. The minimum Gasteiger partial charge on any atom is -0.508 e. The van der Waals surface area contributed by atoms with Gasteiger partial charge in [0.1, 0.15) is 5.75 Å². The Morgan fingerprint density at radius 3 is 2.82 bits per heavy atom. The lowest BCUT2D eigenvalue weighted by Gasteiger charge is -2.30. The van der Waals surface area contributed by atoms with Gasteiger partial charge in [0, 0.05) is 12.6 Å². The topological polar surface area (TPSA) is 35.5 Å². The molecular weight excluding hydrogens is 212 g/mol. The number of benzene rings is 1. The molecule has 0 amide bonds. The smallest absolute Gasteiger partial charge is 0.115 e. The first-order valence-corrected chi connectivity index (χ1v) is 6.44. The Labute approximate surface area is 103 Å². The summed E-state index contributed by atoms with van der Waals surface area (Å²) in [6.45, 7) is 3.41. The molecular formula is C14H22N2O. The van der Waals surface area contributed by atoms with E-state index >= 15 is 0 Å². The molecule has 0 aromatic heterocycles. The molecule has 2 rings (SSSR count). The average molecular weight is 234 g/mol. The first kappa shape index (κ1) is 12.4.